The van der Waals surface area contributed by atoms with Gasteiger partial charge < -0.3 is 25.4 Å². The minimum atomic E-state index is -0.304. The average Bonchev–Trinajstić information content (AvgIpc) is 3.60. The van der Waals surface area contributed by atoms with Gasteiger partial charge in [-0.05, 0) is 87.8 Å². The van der Waals surface area contributed by atoms with E-state index in [-0.39, 0.29) is 5.82 Å². The van der Waals surface area contributed by atoms with Crippen LogP contribution in [0.2, 0.25) is 0 Å². The third kappa shape index (κ3) is 6.29. The van der Waals surface area contributed by atoms with Crippen LogP contribution in [0.4, 0.5) is 15.8 Å². The van der Waals surface area contributed by atoms with Crippen molar-refractivity contribution in [1.29, 1.82) is 0 Å². The summed E-state index contributed by atoms with van der Waals surface area (Å²) in [7, 11) is 8.01. The number of anilines is 2. The molecule has 0 radical (unpaired) electrons. The van der Waals surface area contributed by atoms with Crippen LogP contribution >= 0.6 is 0 Å². The molecule has 44 heavy (non-hydrogen) atoms. The first-order valence-electron chi connectivity index (χ1n) is 14.3. The quantitative estimate of drug-likeness (QED) is 0.149. The summed E-state index contributed by atoms with van der Waals surface area (Å²) in [5, 5.41) is 15.2. The van der Waals surface area contributed by atoms with Crippen molar-refractivity contribution in [3.05, 3.63) is 85.2 Å². The zero-order valence-corrected chi connectivity index (χ0v) is 25.2. The van der Waals surface area contributed by atoms with Crippen LogP contribution in [0.1, 0.15) is 0 Å². The molecule has 0 amide bonds. The van der Waals surface area contributed by atoms with E-state index in [2.05, 4.69) is 47.3 Å². The van der Waals surface area contributed by atoms with E-state index in [4.69, 9.17) is 4.98 Å². The van der Waals surface area contributed by atoms with Gasteiger partial charge in [-0.15, -0.1) is 0 Å². The number of aromatic amines is 2. The van der Waals surface area contributed by atoms with Crippen LogP contribution in [0.15, 0.2) is 79.4 Å². The number of hydrogen-bond acceptors (Lipinski definition) is 8. The van der Waals surface area contributed by atoms with Crippen LogP contribution in [0.3, 0.4) is 0 Å². The molecule has 0 atom stereocenters. The summed E-state index contributed by atoms with van der Waals surface area (Å²) in [5.74, 6) is -0.304. The fourth-order valence-electron chi connectivity index (χ4n) is 5.20. The van der Waals surface area contributed by atoms with Gasteiger partial charge >= 0.3 is 0 Å². The number of hydrogen-bond donors (Lipinski definition) is 4. The molecule has 6 aromatic rings. The lowest BCUT2D eigenvalue weighted by Crippen LogP contribution is -2.20. The van der Waals surface area contributed by atoms with Gasteiger partial charge in [-0.25, -0.2) is 14.4 Å². The molecule has 11 heteroatoms. The van der Waals surface area contributed by atoms with E-state index in [1.54, 1.807) is 24.7 Å². The van der Waals surface area contributed by atoms with Gasteiger partial charge in [0.1, 0.15) is 22.7 Å². The van der Waals surface area contributed by atoms with Gasteiger partial charge in [0.05, 0.1) is 28.8 Å². The Morgan fingerprint density at radius 3 is 2.61 bits per heavy atom. The van der Waals surface area contributed by atoms with Crippen LogP contribution in [0.25, 0.3) is 55.8 Å². The van der Waals surface area contributed by atoms with E-state index < -0.39 is 0 Å². The number of halogens is 1. The van der Waals surface area contributed by atoms with Crippen molar-refractivity contribution in [2.24, 2.45) is 0 Å². The standard InChI is InChI=1S/C33H35FN10/c1-20(19-44(4)5)38-25-14-22(17-35-18-25)28-6-7-29-31(39-28)32(42-41-29)30-16-27-26(8-9-37-33(27)40-30)21-12-23(34)15-24(13-21)36-10-11-43(2)3/h6-9,12-18,36,38H,1,10-11,19H2,2-5H3,(H,37,40)(H,41,42). The highest BCUT2D eigenvalue weighted by atomic mass is 19.1. The van der Waals surface area contributed by atoms with Crippen molar-refractivity contribution in [2.75, 3.05) is 58.5 Å². The first-order chi connectivity index (χ1) is 21.2. The Balaban J connectivity index is 1.33. The zero-order chi connectivity index (χ0) is 30.8. The number of rotatable bonds is 11. The SMILES string of the molecule is C=C(CN(C)C)Nc1cncc(-c2ccc3[nH]nc(-c4cc5c(-c6cc(F)cc(NCCN(C)C)c6)ccnc5[nH]4)c3n2)c1. The zero-order valence-electron chi connectivity index (χ0n) is 25.2. The molecule has 0 bridgehead atoms. The highest BCUT2D eigenvalue weighted by molar-refractivity contribution is 5.99. The summed E-state index contributed by atoms with van der Waals surface area (Å²) in [6.45, 7) is 6.36. The van der Waals surface area contributed by atoms with E-state index in [0.29, 0.717) is 29.9 Å². The minimum Gasteiger partial charge on any atom is -0.384 e. The Morgan fingerprint density at radius 2 is 1.80 bits per heavy atom. The number of nitrogens with zero attached hydrogens (tertiary/aromatic N) is 6. The molecule has 0 spiro atoms. The van der Waals surface area contributed by atoms with Gasteiger partial charge in [-0.2, -0.15) is 5.10 Å². The fourth-order valence-corrected chi connectivity index (χ4v) is 5.20. The largest absolute Gasteiger partial charge is 0.384 e. The Kier molecular flexibility index (Phi) is 8.05. The summed E-state index contributed by atoms with van der Waals surface area (Å²) >= 11 is 0. The van der Waals surface area contributed by atoms with Crippen LogP contribution in [0.5, 0.6) is 0 Å². The molecule has 4 N–H and O–H groups in total. The topological polar surface area (TPSA) is 114 Å². The highest BCUT2D eigenvalue weighted by Crippen LogP contribution is 2.34. The number of aromatic nitrogens is 6. The molecule has 0 saturated carbocycles. The molecule has 5 heterocycles. The van der Waals surface area contributed by atoms with Crippen LogP contribution in [0, 0.1) is 5.82 Å². The van der Waals surface area contributed by atoms with Crippen molar-refractivity contribution >= 4 is 33.4 Å². The summed E-state index contributed by atoms with van der Waals surface area (Å²) in [5.41, 5.74) is 9.31. The number of H-pyrrole nitrogens is 2. The maximum absolute atomic E-state index is 14.7. The van der Waals surface area contributed by atoms with E-state index in [1.165, 1.54) is 6.07 Å². The van der Waals surface area contributed by atoms with Crippen LogP contribution < -0.4 is 10.6 Å². The van der Waals surface area contributed by atoms with Gasteiger partial charge in [0.2, 0.25) is 0 Å². The first kappa shape index (κ1) is 29.0. The van der Waals surface area contributed by atoms with Crippen molar-refractivity contribution in [3.63, 3.8) is 0 Å². The lowest BCUT2D eigenvalue weighted by atomic mass is 10.0. The Morgan fingerprint density at radius 1 is 0.955 bits per heavy atom. The van der Waals surface area contributed by atoms with Gasteiger partial charge in [-0.3, -0.25) is 10.1 Å². The van der Waals surface area contributed by atoms with E-state index in [9.17, 15) is 4.39 Å². The molecule has 0 aliphatic heterocycles. The number of nitrogens with one attached hydrogen (secondary N) is 4. The lowest BCUT2D eigenvalue weighted by Gasteiger charge is -2.14. The van der Waals surface area contributed by atoms with Gasteiger partial charge in [0, 0.05) is 54.4 Å². The number of fused-ring (bicyclic) bond motifs is 2. The molecule has 1 aromatic carbocycles. The second-order valence-corrected chi connectivity index (χ2v) is 11.4. The molecule has 0 unspecified atom stereocenters. The van der Waals surface area contributed by atoms with Crippen LogP contribution in [-0.2, 0) is 0 Å². The molecule has 0 saturated heterocycles. The lowest BCUT2D eigenvalue weighted by molar-refractivity contribution is 0.425. The molecular formula is C33H35FN10. The van der Waals surface area contributed by atoms with Gasteiger partial charge in [0.25, 0.3) is 0 Å². The maximum Gasteiger partial charge on any atom is 0.138 e. The molecule has 0 fully saturated rings. The predicted molar refractivity (Wildman–Crippen MR) is 176 cm³/mol. The third-order valence-electron chi connectivity index (χ3n) is 7.15. The van der Waals surface area contributed by atoms with Crippen molar-refractivity contribution in [3.8, 4) is 33.8 Å². The predicted octanol–water partition coefficient (Wildman–Crippen LogP) is 5.83. The van der Waals surface area contributed by atoms with Gasteiger partial charge in [-0.1, -0.05) is 6.58 Å². The van der Waals surface area contributed by atoms with Crippen molar-refractivity contribution < 1.29 is 4.39 Å². The normalized spacial score (nSPS) is 11.6. The monoisotopic (exact) mass is 590 g/mol. The number of pyridine rings is 3. The molecule has 6 rings (SSSR count). The summed E-state index contributed by atoms with van der Waals surface area (Å²) < 4.78 is 14.7. The number of benzene rings is 1. The Labute approximate surface area is 255 Å². The molecule has 10 nitrogen and oxygen atoms in total. The summed E-state index contributed by atoms with van der Waals surface area (Å²) in [6, 6.07) is 14.8. The first-order valence-corrected chi connectivity index (χ1v) is 14.3. The van der Waals surface area contributed by atoms with E-state index >= 15 is 0 Å². The average molecular weight is 591 g/mol. The second kappa shape index (κ2) is 12.2. The summed E-state index contributed by atoms with van der Waals surface area (Å²) in [4.78, 5) is 21.5. The highest BCUT2D eigenvalue weighted by Gasteiger charge is 2.17. The molecule has 224 valence electrons. The smallest absolute Gasteiger partial charge is 0.138 e. The molecular weight excluding hydrogens is 555 g/mol. The Hall–Kier alpha value is -5.13. The molecule has 0 aliphatic rings. The third-order valence-corrected chi connectivity index (χ3v) is 7.15. The second-order valence-electron chi connectivity index (χ2n) is 11.4. The van der Waals surface area contributed by atoms with E-state index in [1.807, 2.05) is 69.5 Å². The van der Waals surface area contributed by atoms with Crippen molar-refractivity contribution in [2.45, 2.75) is 0 Å². The van der Waals surface area contributed by atoms with E-state index in [0.717, 1.165) is 62.6 Å². The maximum atomic E-state index is 14.7. The fraction of sp³-hybridized carbons (Fsp3) is 0.212. The van der Waals surface area contributed by atoms with Gasteiger partial charge in [0.15, 0.2) is 0 Å². The van der Waals surface area contributed by atoms with Crippen molar-refractivity contribution in [1.82, 2.24) is 39.9 Å². The molecule has 0 aliphatic carbocycles. The molecule has 5 aromatic heterocycles. The Bertz CT molecular complexity index is 1960. The number of likely N-dealkylation sites (N-methyl/N-ethyl adjacent to an activating group) is 2. The van der Waals surface area contributed by atoms with Crippen LogP contribution in [-0.4, -0.2) is 87.8 Å². The minimum absolute atomic E-state index is 0.304. The summed E-state index contributed by atoms with van der Waals surface area (Å²) in [6.07, 6.45) is 5.28.